The zero-order chi connectivity index (χ0) is 23.7. The number of carbonyl (C=O) groups excluding carboxylic acids is 1. The van der Waals surface area contributed by atoms with Gasteiger partial charge in [0.05, 0.1) is 23.2 Å². The molecule has 0 fully saturated rings. The number of aryl methyl sites for hydroxylation is 1. The van der Waals surface area contributed by atoms with Crippen LogP contribution in [0.5, 0.6) is 0 Å². The smallest absolute Gasteiger partial charge is 0.408 e. The molecule has 2 heterocycles. The molecule has 3 rings (SSSR count). The van der Waals surface area contributed by atoms with Crippen molar-refractivity contribution in [3.05, 3.63) is 46.5 Å². The van der Waals surface area contributed by atoms with E-state index in [4.69, 9.17) is 4.74 Å². The van der Waals surface area contributed by atoms with E-state index >= 15 is 0 Å². The summed E-state index contributed by atoms with van der Waals surface area (Å²) in [6, 6.07) is 3.86. The summed E-state index contributed by atoms with van der Waals surface area (Å²) in [4.78, 5) is 27.3. The second-order valence-corrected chi connectivity index (χ2v) is 10.7. The van der Waals surface area contributed by atoms with E-state index in [0.717, 1.165) is 17.4 Å². The number of aromatic carboxylic acids is 1. The van der Waals surface area contributed by atoms with Crippen LogP contribution in [-0.2, 0) is 28.2 Å². The van der Waals surface area contributed by atoms with Gasteiger partial charge in [-0.25, -0.2) is 23.0 Å². The lowest BCUT2D eigenvalue weighted by molar-refractivity contribution is 0.0522. The van der Waals surface area contributed by atoms with Gasteiger partial charge in [-0.05, 0) is 44.5 Å². The average Bonchev–Trinajstić information content (AvgIpc) is 3.34. The van der Waals surface area contributed by atoms with Gasteiger partial charge in [-0.2, -0.15) is 5.10 Å². The van der Waals surface area contributed by atoms with Crippen molar-refractivity contribution in [2.45, 2.75) is 42.8 Å². The molecule has 10 nitrogen and oxygen atoms in total. The molecule has 170 valence electrons. The fourth-order valence-corrected chi connectivity index (χ4v) is 5.04. The minimum absolute atomic E-state index is 0.00873. The molecule has 32 heavy (non-hydrogen) atoms. The predicted octanol–water partition coefficient (Wildman–Crippen LogP) is 3.10. The number of hydrogen-bond acceptors (Lipinski definition) is 8. The Morgan fingerprint density at radius 3 is 2.53 bits per heavy atom. The topological polar surface area (TPSA) is 140 Å². The third-order valence-electron chi connectivity index (χ3n) is 4.09. The van der Waals surface area contributed by atoms with E-state index in [-0.39, 0.29) is 22.0 Å². The molecule has 0 spiro atoms. The SMILES string of the molecule is Cn1cc(-c2cc(C(=O)O)cc(S(=O)(=O)c3csc(CNC(=O)OC(C)(C)C)n3)c2)cn1. The van der Waals surface area contributed by atoms with Crippen LogP contribution in [0, 0.1) is 0 Å². The summed E-state index contributed by atoms with van der Waals surface area (Å²) in [7, 11) is -2.40. The number of benzene rings is 1. The molecular formula is C20H22N4O6S2. The van der Waals surface area contributed by atoms with Gasteiger partial charge in [0, 0.05) is 24.2 Å². The number of nitrogens with zero attached hydrogens (tertiary/aromatic N) is 3. The number of nitrogens with one attached hydrogen (secondary N) is 1. The molecule has 0 saturated carbocycles. The van der Waals surface area contributed by atoms with Gasteiger partial charge in [0.25, 0.3) is 0 Å². The Labute approximate surface area is 188 Å². The van der Waals surface area contributed by atoms with Gasteiger partial charge < -0.3 is 15.2 Å². The van der Waals surface area contributed by atoms with Crippen molar-refractivity contribution in [3.63, 3.8) is 0 Å². The Morgan fingerprint density at radius 1 is 1.22 bits per heavy atom. The van der Waals surface area contributed by atoms with Crippen LogP contribution in [0.2, 0.25) is 0 Å². The maximum absolute atomic E-state index is 13.2. The fourth-order valence-electron chi connectivity index (χ4n) is 2.70. The number of hydrogen-bond donors (Lipinski definition) is 2. The standard InChI is InChI=1S/C20H22N4O6S2/c1-20(2,3)30-19(27)21-9-16-23-17(11-31-16)32(28,29)15-6-12(5-13(7-15)18(25)26)14-8-22-24(4)10-14/h5-8,10-11H,9H2,1-4H3,(H,21,27)(H,25,26). The molecule has 0 aliphatic heterocycles. The van der Waals surface area contributed by atoms with Crippen LogP contribution >= 0.6 is 11.3 Å². The lowest BCUT2D eigenvalue weighted by Crippen LogP contribution is -2.32. The summed E-state index contributed by atoms with van der Waals surface area (Å²) in [6.07, 6.45) is 2.52. The second-order valence-electron chi connectivity index (χ2n) is 7.89. The number of amides is 1. The van der Waals surface area contributed by atoms with Crippen LogP contribution in [0.25, 0.3) is 11.1 Å². The molecule has 1 aromatic carbocycles. The zero-order valence-electron chi connectivity index (χ0n) is 17.8. The highest BCUT2D eigenvalue weighted by atomic mass is 32.2. The molecule has 3 aromatic rings. The molecule has 0 aliphatic carbocycles. The van der Waals surface area contributed by atoms with Crippen molar-refractivity contribution in [1.29, 1.82) is 0 Å². The number of alkyl carbamates (subject to hydrolysis) is 1. The number of rotatable bonds is 6. The van der Waals surface area contributed by atoms with Crippen LogP contribution in [0.3, 0.4) is 0 Å². The van der Waals surface area contributed by atoms with Gasteiger partial charge in [-0.1, -0.05) is 0 Å². The molecule has 12 heteroatoms. The Bertz CT molecular complexity index is 1270. The molecule has 2 N–H and O–H groups in total. The van der Waals surface area contributed by atoms with Crippen LogP contribution in [0.4, 0.5) is 4.79 Å². The number of sulfone groups is 1. The molecule has 0 bridgehead atoms. The van der Waals surface area contributed by atoms with Crippen LogP contribution in [-0.4, -0.2) is 46.0 Å². The van der Waals surface area contributed by atoms with Crippen LogP contribution in [0.1, 0.15) is 36.1 Å². The number of ether oxygens (including phenoxy) is 1. The van der Waals surface area contributed by atoms with Crippen molar-refractivity contribution in [3.8, 4) is 11.1 Å². The maximum Gasteiger partial charge on any atom is 0.408 e. The highest BCUT2D eigenvalue weighted by molar-refractivity contribution is 7.91. The minimum atomic E-state index is -4.10. The average molecular weight is 479 g/mol. The zero-order valence-corrected chi connectivity index (χ0v) is 19.5. The summed E-state index contributed by atoms with van der Waals surface area (Å²) in [6.45, 7) is 5.17. The highest BCUT2D eigenvalue weighted by Gasteiger charge is 2.24. The molecule has 2 aromatic heterocycles. The predicted molar refractivity (Wildman–Crippen MR) is 116 cm³/mol. The Morgan fingerprint density at radius 2 is 1.94 bits per heavy atom. The number of carboxylic acids is 1. The van der Waals surface area contributed by atoms with Gasteiger partial charge in [0.1, 0.15) is 10.6 Å². The quantitative estimate of drug-likeness (QED) is 0.551. The summed E-state index contributed by atoms with van der Waals surface area (Å²) < 4.78 is 33.0. The third kappa shape index (κ3) is 5.51. The first kappa shape index (κ1) is 23.4. The fraction of sp³-hybridized carbons (Fsp3) is 0.300. The molecular weight excluding hydrogens is 456 g/mol. The molecule has 1 amide bonds. The van der Waals surface area contributed by atoms with E-state index in [1.165, 1.54) is 28.4 Å². The van der Waals surface area contributed by atoms with Crippen molar-refractivity contribution in [1.82, 2.24) is 20.1 Å². The Kier molecular flexibility index (Phi) is 6.37. The van der Waals surface area contributed by atoms with Gasteiger partial charge in [0.2, 0.25) is 9.84 Å². The van der Waals surface area contributed by atoms with Crippen molar-refractivity contribution >= 4 is 33.2 Å². The van der Waals surface area contributed by atoms with Crippen molar-refractivity contribution < 1.29 is 27.9 Å². The Balaban J connectivity index is 1.89. The number of thiazole rings is 1. The van der Waals surface area contributed by atoms with E-state index in [9.17, 15) is 23.1 Å². The molecule has 0 aliphatic rings. The van der Waals surface area contributed by atoms with Gasteiger partial charge >= 0.3 is 12.1 Å². The minimum Gasteiger partial charge on any atom is -0.478 e. The number of aromatic nitrogens is 3. The van der Waals surface area contributed by atoms with E-state index < -0.39 is 27.5 Å². The Hall–Kier alpha value is -3.25. The van der Waals surface area contributed by atoms with Gasteiger partial charge in [-0.3, -0.25) is 4.68 Å². The molecule has 0 unspecified atom stereocenters. The summed E-state index contributed by atoms with van der Waals surface area (Å²) in [5.41, 5.74) is 0.140. The monoisotopic (exact) mass is 478 g/mol. The summed E-state index contributed by atoms with van der Waals surface area (Å²) >= 11 is 1.06. The third-order valence-corrected chi connectivity index (χ3v) is 6.70. The number of carboxylic acid groups (broad SMARTS) is 1. The van der Waals surface area contributed by atoms with E-state index in [1.807, 2.05) is 0 Å². The van der Waals surface area contributed by atoms with E-state index in [0.29, 0.717) is 16.1 Å². The maximum atomic E-state index is 13.2. The summed E-state index contributed by atoms with van der Waals surface area (Å²) in [5, 5.41) is 17.5. The lowest BCUT2D eigenvalue weighted by atomic mass is 10.1. The van der Waals surface area contributed by atoms with Gasteiger partial charge in [0.15, 0.2) is 5.03 Å². The first-order valence-corrected chi connectivity index (χ1v) is 11.8. The molecule has 0 atom stereocenters. The first-order chi connectivity index (χ1) is 14.8. The van der Waals surface area contributed by atoms with Crippen LogP contribution < -0.4 is 5.32 Å². The normalized spacial score (nSPS) is 11.9. The van der Waals surface area contributed by atoms with Crippen molar-refractivity contribution in [2.24, 2.45) is 7.05 Å². The first-order valence-electron chi connectivity index (χ1n) is 9.39. The largest absolute Gasteiger partial charge is 0.478 e. The number of carbonyl (C=O) groups is 2. The molecule has 0 radical (unpaired) electrons. The second kappa shape index (κ2) is 8.71. The van der Waals surface area contributed by atoms with E-state index in [2.05, 4.69) is 15.4 Å². The van der Waals surface area contributed by atoms with Crippen LogP contribution in [0.15, 0.2) is 45.9 Å². The van der Waals surface area contributed by atoms with Gasteiger partial charge in [-0.15, -0.1) is 11.3 Å². The van der Waals surface area contributed by atoms with E-state index in [1.54, 1.807) is 34.0 Å². The summed E-state index contributed by atoms with van der Waals surface area (Å²) in [5.74, 6) is -1.26. The lowest BCUT2D eigenvalue weighted by Gasteiger charge is -2.19. The van der Waals surface area contributed by atoms with Crippen molar-refractivity contribution in [2.75, 3.05) is 0 Å². The molecule has 0 saturated heterocycles. The highest BCUT2D eigenvalue weighted by Crippen LogP contribution is 2.29.